The molecule has 0 aromatic carbocycles. The Morgan fingerprint density at radius 3 is 2.38 bits per heavy atom. The molecule has 0 aromatic rings. The van der Waals surface area contributed by atoms with Gasteiger partial charge in [-0.3, -0.25) is 9.59 Å². The van der Waals surface area contributed by atoms with E-state index in [9.17, 15) is 33.1 Å². The first-order valence-electron chi connectivity index (χ1n) is 10.4. The molecule has 2 amide bonds. The molecule has 5 aliphatic rings. The number of carbonyl (C=O) groups excluding carboxylic acids is 2. The van der Waals surface area contributed by atoms with Gasteiger partial charge in [0.1, 0.15) is 12.1 Å². The molecule has 5 fully saturated rings. The summed E-state index contributed by atoms with van der Waals surface area (Å²) in [6.07, 6.45) is 0.182. The van der Waals surface area contributed by atoms with E-state index in [0.717, 1.165) is 12.8 Å². The average molecular weight is 413 g/mol. The second-order valence-corrected chi connectivity index (χ2v) is 9.62. The van der Waals surface area contributed by atoms with E-state index in [4.69, 9.17) is 0 Å². The summed E-state index contributed by atoms with van der Waals surface area (Å²) >= 11 is 0. The van der Waals surface area contributed by atoms with Gasteiger partial charge in [0.15, 0.2) is 0 Å². The fraction of sp³-hybridized carbons (Fsp3) is 0.850. The number of nitriles is 1. The minimum absolute atomic E-state index is 0.146. The molecule has 2 unspecified atom stereocenters. The van der Waals surface area contributed by atoms with Crippen LogP contribution in [0, 0.1) is 28.6 Å². The smallest absolute Gasteiger partial charge is 0.390 e. The number of hydrogen-bond acceptors (Lipinski definition) is 4. The van der Waals surface area contributed by atoms with Gasteiger partial charge in [0, 0.05) is 12.0 Å². The summed E-state index contributed by atoms with van der Waals surface area (Å²) in [6.45, 7) is 0.294. The molecule has 0 spiro atoms. The largest absolute Gasteiger partial charge is 0.471 e. The molecule has 9 heteroatoms. The maximum absolute atomic E-state index is 13.5. The van der Waals surface area contributed by atoms with Crippen LogP contribution in [-0.4, -0.2) is 52.2 Å². The Morgan fingerprint density at radius 1 is 1.17 bits per heavy atom. The summed E-state index contributed by atoms with van der Waals surface area (Å²) in [5.41, 5.74) is -1.88. The molecule has 29 heavy (non-hydrogen) atoms. The zero-order chi connectivity index (χ0) is 21.0. The molecule has 4 aliphatic carbocycles. The Morgan fingerprint density at radius 2 is 1.83 bits per heavy atom. The summed E-state index contributed by atoms with van der Waals surface area (Å²) < 4.78 is 39.2. The Bertz CT molecular complexity index is 733. The van der Waals surface area contributed by atoms with Gasteiger partial charge < -0.3 is 15.3 Å². The van der Waals surface area contributed by atoms with Gasteiger partial charge in [-0.05, 0) is 69.6 Å². The maximum Gasteiger partial charge on any atom is 0.471 e. The molecule has 4 bridgehead atoms. The third-order valence-electron chi connectivity index (χ3n) is 7.40. The maximum atomic E-state index is 13.5. The third-order valence-corrected chi connectivity index (χ3v) is 7.40. The van der Waals surface area contributed by atoms with Crippen molar-refractivity contribution in [3.8, 4) is 6.07 Å². The Balaban J connectivity index is 1.68. The van der Waals surface area contributed by atoms with Gasteiger partial charge in [-0.25, -0.2) is 0 Å². The van der Waals surface area contributed by atoms with Gasteiger partial charge >= 0.3 is 12.1 Å². The van der Waals surface area contributed by atoms with Crippen LogP contribution in [0.15, 0.2) is 0 Å². The fourth-order valence-electron chi connectivity index (χ4n) is 6.81. The Labute approximate surface area is 167 Å². The van der Waals surface area contributed by atoms with E-state index >= 15 is 0 Å². The number of piperidine rings is 1. The lowest BCUT2D eigenvalue weighted by molar-refractivity contribution is -0.191. The molecular formula is C20H26F3N3O3. The van der Waals surface area contributed by atoms with Crippen molar-refractivity contribution in [2.45, 2.75) is 81.6 Å². The summed E-state index contributed by atoms with van der Waals surface area (Å²) in [6, 6.07) is 0.00735. The normalized spacial score (nSPS) is 39.7. The molecule has 1 saturated heterocycles. The first-order chi connectivity index (χ1) is 13.6. The monoisotopic (exact) mass is 413 g/mol. The van der Waals surface area contributed by atoms with Gasteiger partial charge in [-0.15, -0.1) is 0 Å². The van der Waals surface area contributed by atoms with Crippen LogP contribution in [0.5, 0.6) is 0 Å². The summed E-state index contributed by atoms with van der Waals surface area (Å²) in [4.78, 5) is 26.7. The highest BCUT2D eigenvalue weighted by Gasteiger charge is 2.62. The summed E-state index contributed by atoms with van der Waals surface area (Å²) in [5, 5.41) is 22.4. The van der Waals surface area contributed by atoms with E-state index in [1.165, 1.54) is 4.90 Å². The molecule has 1 aliphatic heterocycles. The van der Waals surface area contributed by atoms with Crippen molar-refractivity contribution in [1.82, 2.24) is 10.2 Å². The van der Waals surface area contributed by atoms with Gasteiger partial charge in [0.2, 0.25) is 5.91 Å². The van der Waals surface area contributed by atoms with E-state index in [-0.39, 0.29) is 18.3 Å². The first kappa shape index (κ1) is 20.5. The SMILES string of the molecule is N#C[C@@H]1CCCCN1C(=O)[C@@H](NC(=O)C(F)(F)F)C12CC3CC(CC(O)(C3)C1)C2. The number of likely N-dealkylation sites (tertiary alicyclic amines) is 1. The van der Waals surface area contributed by atoms with Crippen molar-refractivity contribution in [2.24, 2.45) is 17.3 Å². The van der Waals surface area contributed by atoms with E-state index in [1.54, 1.807) is 0 Å². The molecular weight excluding hydrogens is 387 g/mol. The van der Waals surface area contributed by atoms with Crippen LogP contribution in [0.25, 0.3) is 0 Å². The van der Waals surface area contributed by atoms with Crippen molar-refractivity contribution >= 4 is 11.8 Å². The third kappa shape index (κ3) is 3.60. The van der Waals surface area contributed by atoms with E-state index < -0.39 is 41.1 Å². The molecule has 4 saturated carbocycles. The lowest BCUT2D eigenvalue weighted by atomic mass is 9.46. The average Bonchev–Trinajstić information content (AvgIpc) is 2.62. The summed E-state index contributed by atoms with van der Waals surface area (Å²) in [7, 11) is 0. The van der Waals surface area contributed by atoms with Gasteiger partial charge in [0.05, 0.1) is 11.7 Å². The van der Waals surface area contributed by atoms with E-state index in [1.807, 2.05) is 5.32 Å². The zero-order valence-electron chi connectivity index (χ0n) is 16.2. The highest BCUT2D eigenvalue weighted by molar-refractivity contribution is 5.91. The van der Waals surface area contributed by atoms with Crippen LogP contribution in [-0.2, 0) is 9.59 Å². The Hall–Kier alpha value is -1.82. The number of nitrogens with one attached hydrogen (secondary N) is 1. The van der Waals surface area contributed by atoms with E-state index in [0.29, 0.717) is 45.1 Å². The second-order valence-electron chi connectivity index (χ2n) is 9.62. The molecule has 4 atom stereocenters. The number of alkyl halides is 3. The quantitative estimate of drug-likeness (QED) is 0.742. The number of nitrogens with zero attached hydrogens (tertiary/aromatic N) is 2. The van der Waals surface area contributed by atoms with Gasteiger partial charge in [-0.2, -0.15) is 18.4 Å². The highest BCUT2D eigenvalue weighted by atomic mass is 19.4. The van der Waals surface area contributed by atoms with Crippen molar-refractivity contribution in [1.29, 1.82) is 5.26 Å². The molecule has 2 N–H and O–H groups in total. The lowest BCUT2D eigenvalue weighted by Gasteiger charge is -2.62. The van der Waals surface area contributed by atoms with Crippen LogP contribution >= 0.6 is 0 Å². The molecule has 160 valence electrons. The number of amides is 2. The number of hydrogen-bond donors (Lipinski definition) is 2. The van der Waals surface area contributed by atoms with Crippen molar-refractivity contribution in [3.63, 3.8) is 0 Å². The predicted molar refractivity (Wildman–Crippen MR) is 95.0 cm³/mol. The van der Waals surface area contributed by atoms with Crippen molar-refractivity contribution in [2.75, 3.05) is 6.54 Å². The number of aliphatic hydroxyl groups is 1. The number of halogens is 3. The highest BCUT2D eigenvalue weighted by Crippen LogP contribution is 2.63. The molecule has 5 rings (SSSR count). The molecule has 0 radical (unpaired) electrons. The van der Waals surface area contributed by atoms with Crippen LogP contribution in [0.4, 0.5) is 13.2 Å². The zero-order valence-corrected chi connectivity index (χ0v) is 16.2. The van der Waals surface area contributed by atoms with Crippen LogP contribution < -0.4 is 5.32 Å². The molecule has 6 nitrogen and oxygen atoms in total. The van der Waals surface area contributed by atoms with Crippen molar-refractivity contribution < 1.29 is 27.9 Å². The second kappa shape index (κ2) is 6.86. The molecule has 0 aromatic heterocycles. The number of rotatable bonds is 3. The van der Waals surface area contributed by atoms with Crippen LogP contribution in [0.3, 0.4) is 0 Å². The van der Waals surface area contributed by atoms with Crippen LogP contribution in [0.2, 0.25) is 0 Å². The van der Waals surface area contributed by atoms with E-state index in [2.05, 4.69) is 6.07 Å². The Kier molecular flexibility index (Phi) is 4.84. The summed E-state index contributed by atoms with van der Waals surface area (Å²) in [5.74, 6) is -2.46. The fourth-order valence-corrected chi connectivity index (χ4v) is 6.81. The standard InChI is InChI=1S/C20H26F3N3O3/c21-20(22,23)17(28)25-15(16(27)26-4-2-1-3-14(26)10-24)18-6-12-5-13(7-18)9-19(29,8-12)11-18/h12-15,29H,1-9,11H2,(H,25,28)/t12?,13?,14-,15+,18?,19?/m0/s1. The lowest BCUT2D eigenvalue weighted by Crippen LogP contribution is -2.67. The van der Waals surface area contributed by atoms with Gasteiger partial charge in [0.25, 0.3) is 0 Å². The topological polar surface area (TPSA) is 93.4 Å². The molecule has 1 heterocycles. The van der Waals surface area contributed by atoms with Crippen LogP contribution in [0.1, 0.15) is 57.8 Å². The first-order valence-corrected chi connectivity index (χ1v) is 10.4. The van der Waals surface area contributed by atoms with Gasteiger partial charge in [-0.1, -0.05) is 0 Å². The van der Waals surface area contributed by atoms with Crippen molar-refractivity contribution in [3.05, 3.63) is 0 Å². The number of carbonyl (C=O) groups is 2. The predicted octanol–water partition coefficient (Wildman–Crippen LogP) is 2.27. The minimum atomic E-state index is -5.10. The minimum Gasteiger partial charge on any atom is -0.390 e.